The van der Waals surface area contributed by atoms with E-state index in [2.05, 4.69) is 17.6 Å². The molecule has 4 heteroatoms. The van der Waals surface area contributed by atoms with Crippen molar-refractivity contribution in [3.63, 3.8) is 0 Å². The second-order valence-electron chi connectivity index (χ2n) is 5.37. The summed E-state index contributed by atoms with van der Waals surface area (Å²) in [5, 5.41) is 6.31. The summed E-state index contributed by atoms with van der Waals surface area (Å²) in [6.45, 7) is 2.88. The highest BCUT2D eigenvalue weighted by molar-refractivity contribution is 6.01. The van der Waals surface area contributed by atoms with Crippen LogP contribution >= 0.6 is 0 Å². The number of benzene rings is 2. The van der Waals surface area contributed by atoms with Gasteiger partial charge in [-0.1, -0.05) is 37.6 Å². The molecule has 2 aromatic carbocycles. The van der Waals surface area contributed by atoms with Crippen molar-refractivity contribution >= 4 is 11.6 Å². The van der Waals surface area contributed by atoms with Gasteiger partial charge in [0.1, 0.15) is 11.9 Å². The summed E-state index contributed by atoms with van der Waals surface area (Å²) < 4.78 is 5.66. The molecule has 22 heavy (non-hydrogen) atoms. The number of carbonyl (C=O) groups is 1. The van der Waals surface area contributed by atoms with Gasteiger partial charge in [-0.3, -0.25) is 4.79 Å². The largest absolute Gasteiger partial charge is 0.494 e. The highest BCUT2D eigenvalue weighted by Crippen LogP contribution is 2.27. The molecule has 2 N–H and O–H groups in total. The topological polar surface area (TPSA) is 50.4 Å². The second kappa shape index (κ2) is 6.52. The molecule has 0 radical (unpaired) electrons. The molecule has 0 aromatic heterocycles. The van der Waals surface area contributed by atoms with E-state index >= 15 is 0 Å². The molecular weight excluding hydrogens is 276 g/mol. The molecule has 1 atom stereocenters. The number of anilines is 1. The van der Waals surface area contributed by atoms with Crippen LogP contribution in [0.4, 0.5) is 5.69 Å². The van der Waals surface area contributed by atoms with Crippen LogP contribution in [0.25, 0.3) is 0 Å². The van der Waals surface area contributed by atoms with Crippen LogP contribution in [0.1, 0.15) is 41.9 Å². The van der Waals surface area contributed by atoms with Crippen LogP contribution in [-0.4, -0.2) is 12.5 Å². The standard InChI is InChI=1S/C18H20N2O2/c1-2-3-12-22-14-10-8-13(9-11-14)17-19-16-7-5-4-6-15(16)18(21)20-17/h4-11,17,19H,2-3,12H2,1H3,(H,20,21)/t17-/m0/s1. The average molecular weight is 296 g/mol. The molecule has 0 aliphatic carbocycles. The number of ether oxygens (including phenoxy) is 1. The number of para-hydroxylation sites is 1. The maximum atomic E-state index is 12.1. The van der Waals surface area contributed by atoms with Gasteiger partial charge in [0.15, 0.2) is 0 Å². The highest BCUT2D eigenvalue weighted by Gasteiger charge is 2.23. The summed E-state index contributed by atoms with van der Waals surface area (Å²) >= 11 is 0. The van der Waals surface area contributed by atoms with Gasteiger partial charge in [0.05, 0.1) is 12.2 Å². The average Bonchev–Trinajstić information content (AvgIpc) is 2.56. The first-order chi connectivity index (χ1) is 10.8. The molecule has 1 aliphatic heterocycles. The van der Waals surface area contributed by atoms with E-state index in [1.54, 1.807) is 0 Å². The fraction of sp³-hybridized carbons (Fsp3) is 0.278. The smallest absolute Gasteiger partial charge is 0.255 e. The quantitative estimate of drug-likeness (QED) is 0.827. The number of fused-ring (bicyclic) bond motifs is 1. The molecule has 2 aromatic rings. The Hall–Kier alpha value is -2.49. The maximum Gasteiger partial charge on any atom is 0.255 e. The zero-order chi connectivity index (χ0) is 15.4. The molecule has 0 bridgehead atoms. The lowest BCUT2D eigenvalue weighted by molar-refractivity contribution is 0.0935. The molecule has 4 nitrogen and oxygen atoms in total. The highest BCUT2D eigenvalue weighted by atomic mass is 16.5. The monoisotopic (exact) mass is 296 g/mol. The lowest BCUT2D eigenvalue weighted by Gasteiger charge is -2.28. The summed E-state index contributed by atoms with van der Waals surface area (Å²) in [6, 6.07) is 15.4. The van der Waals surface area contributed by atoms with Gasteiger partial charge in [-0.15, -0.1) is 0 Å². The summed E-state index contributed by atoms with van der Waals surface area (Å²) in [6.07, 6.45) is 1.96. The lowest BCUT2D eigenvalue weighted by atomic mass is 10.1. The van der Waals surface area contributed by atoms with Crippen molar-refractivity contribution in [2.45, 2.75) is 25.9 Å². The number of hydrogen-bond acceptors (Lipinski definition) is 3. The van der Waals surface area contributed by atoms with Gasteiger partial charge in [0.2, 0.25) is 0 Å². The van der Waals surface area contributed by atoms with Crippen molar-refractivity contribution in [2.24, 2.45) is 0 Å². The normalized spacial score (nSPS) is 16.4. The summed E-state index contributed by atoms with van der Waals surface area (Å²) in [5.74, 6) is 0.808. The molecule has 114 valence electrons. The maximum absolute atomic E-state index is 12.1. The Morgan fingerprint density at radius 1 is 1.05 bits per heavy atom. The number of nitrogens with one attached hydrogen (secondary N) is 2. The van der Waals surface area contributed by atoms with Crippen molar-refractivity contribution in [1.82, 2.24) is 5.32 Å². The van der Waals surface area contributed by atoms with E-state index in [1.165, 1.54) is 0 Å². The Bertz CT molecular complexity index is 652. The van der Waals surface area contributed by atoms with Gasteiger partial charge >= 0.3 is 0 Å². The van der Waals surface area contributed by atoms with E-state index < -0.39 is 0 Å². The van der Waals surface area contributed by atoms with E-state index in [0.717, 1.165) is 36.4 Å². The van der Waals surface area contributed by atoms with Crippen molar-refractivity contribution in [3.05, 3.63) is 59.7 Å². The fourth-order valence-electron chi connectivity index (χ4n) is 2.46. The Kier molecular flexibility index (Phi) is 4.28. The van der Waals surface area contributed by atoms with Gasteiger partial charge in [0.25, 0.3) is 5.91 Å². The molecule has 0 fully saturated rings. The minimum atomic E-state index is -0.216. The zero-order valence-corrected chi connectivity index (χ0v) is 12.6. The van der Waals surface area contributed by atoms with Crippen molar-refractivity contribution in [3.8, 4) is 5.75 Å². The van der Waals surface area contributed by atoms with E-state index in [9.17, 15) is 4.79 Å². The van der Waals surface area contributed by atoms with Crippen LogP contribution < -0.4 is 15.4 Å². The van der Waals surface area contributed by atoms with E-state index in [4.69, 9.17) is 4.74 Å². The summed E-state index contributed by atoms with van der Waals surface area (Å²) in [7, 11) is 0. The summed E-state index contributed by atoms with van der Waals surface area (Å²) in [4.78, 5) is 12.1. The molecule has 1 amide bonds. The number of hydrogen-bond donors (Lipinski definition) is 2. The van der Waals surface area contributed by atoms with Gasteiger partial charge in [-0.25, -0.2) is 0 Å². The summed E-state index contributed by atoms with van der Waals surface area (Å²) in [5.41, 5.74) is 2.54. The molecule has 0 saturated heterocycles. The van der Waals surface area contributed by atoms with Crippen molar-refractivity contribution in [2.75, 3.05) is 11.9 Å². The van der Waals surface area contributed by atoms with Crippen molar-refractivity contribution < 1.29 is 9.53 Å². The van der Waals surface area contributed by atoms with E-state index in [0.29, 0.717) is 5.56 Å². The first-order valence-electron chi connectivity index (χ1n) is 7.67. The predicted molar refractivity (Wildman–Crippen MR) is 87.1 cm³/mol. The molecule has 0 saturated carbocycles. The zero-order valence-electron chi connectivity index (χ0n) is 12.6. The minimum Gasteiger partial charge on any atom is -0.494 e. The Morgan fingerprint density at radius 3 is 2.59 bits per heavy atom. The molecule has 0 spiro atoms. The number of unbranched alkanes of at least 4 members (excludes halogenated alkanes) is 1. The van der Waals surface area contributed by atoms with Crippen LogP contribution in [0.3, 0.4) is 0 Å². The van der Waals surface area contributed by atoms with Gasteiger partial charge in [0, 0.05) is 5.69 Å². The molecule has 0 unspecified atom stereocenters. The third kappa shape index (κ3) is 3.06. The van der Waals surface area contributed by atoms with E-state index in [1.807, 2.05) is 48.5 Å². The second-order valence-corrected chi connectivity index (χ2v) is 5.37. The minimum absolute atomic E-state index is 0.0531. The van der Waals surface area contributed by atoms with Gasteiger partial charge in [-0.05, 0) is 36.2 Å². The van der Waals surface area contributed by atoms with Gasteiger partial charge < -0.3 is 15.4 Å². The molecule has 1 heterocycles. The third-order valence-electron chi connectivity index (χ3n) is 3.73. The van der Waals surface area contributed by atoms with E-state index in [-0.39, 0.29) is 12.1 Å². The van der Waals surface area contributed by atoms with Gasteiger partial charge in [-0.2, -0.15) is 0 Å². The Morgan fingerprint density at radius 2 is 1.82 bits per heavy atom. The third-order valence-corrected chi connectivity index (χ3v) is 3.73. The lowest BCUT2D eigenvalue weighted by Crippen LogP contribution is -2.38. The first-order valence-corrected chi connectivity index (χ1v) is 7.67. The predicted octanol–water partition coefficient (Wildman–Crippen LogP) is 3.72. The molecule has 1 aliphatic rings. The van der Waals surface area contributed by atoms with Crippen LogP contribution in [0.5, 0.6) is 5.75 Å². The first kappa shape index (κ1) is 14.4. The van der Waals surface area contributed by atoms with Crippen LogP contribution in [0, 0.1) is 0 Å². The number of amides is 1. The molecular formula is C18H20N2O2. The molecule has 3 rings (SSSR count). The SMILES string of the molecule is CCCCOc1ccc([C@@H]2NC(=O)c3ccccc3N2)cc1. The van der Waals surface area contributed by atoms with Crippen LogP contribution in [0.15, 0.2) is 48.5 Å². The van der Waals surface area contributed by atoms with Crippen LogP contribution in [0.2, 0.25) is 0 Å². The van der Waals surface area contributed by atoms with Crippen molar-refractivity contribution in [1.29, 1.82) is 0 Å². The fourth-order valence-corrected chi connectivity index (χ4v) is 2.46. The Labute approximate surface area is 130 Å². The van der Waals surface area contributed by atoms with Crippen LogP contribution in [-0.2, 0) is 0 Å². The number of rotatable bonds is 5. The number of carbonyl (C=O) groups excluding carboxylic acids is 1. The Balaban J connectivity index is 1.71.